The van der Waals surface area contributed by atoms with Crippen LogP contribution in [0, 0.1) is 11.3 Å². The first kappa shape index (κ1) is 12.6. The molecule has 1 aromatic heterocycles. The molecule has 0 N–H and O–H groups in total. The first-order chi connectivity index (χ1) is 9.18. The van der Waals surface area contributed by atoms with Gasteiger partial charge in [0, 0.05) is 10.9 Å². The van der Waals surface area contributed by atoms with Crippen LogP contribution in [-0.2, 0) is 5.41 Å². The molecular weight excluding hydrogens is 324 g/mol. The van der Waals surface area contributed by atoms with E-state index in [9.17, 15) is 5.26 Å². The average molecular weight is 335 g/mol. The van der Waals surface area contributed by atoms with Crippen molar-refractivity contribution in [3.05, 3.63) is 33.7 Å². The Labute approximate surface area is 124 Å². The van der Waals surface area contributed by atoms with Gasteiger partial charge in [0.2, 0.25) is 0 Å². The van der Waals surface area contributed by atoms with E-state index in [0.29, 0.717) is 0 Å². The van der Waals surface area contributed by atoms with E-state index in [1.165, 1.54) is 0 Å². The van der Waals surface area contributed by atoms with Gasteiger partial charge in [-0.25, -0.2) is 4.98 Å². The molecule has 1 aromatic carbocycles. The lowest BCUT2D eigenvalue weighted by atomic mass is 10.1. The molecule has 0 amide bonds. The van der Waals surface area contributed by atoms with Gasteiger partial charge in [-0.15, -0.1) is 11.3 Å². The molecule has 1 aliphatic rings. The normalized spacial score (nSPS) is 15.8. The highest BCUT2D eigenvalue weighted by Gasteiger charge is 2.47. The fourth-order valence-corrected chi connectivity index (χ4v) is 3.43. The third-order valence-electron chi connectivity index (χ3n) is 3.36. The Balaban J connectivity index is 1.95. The number of rotatable bonds is 3. The fraction of sp³-hybridized carbons (Fsp3) is 0.286. The summed E-state index contributed by atoms with van der Waals surface area (Å²) >= 11 is 5.06. The van der Waals surface area contributed by atoms with Crippen LogP contribution in [0.25, 0.3) is 10.6 Å². The van der Waals surface area contributed by atoms with Crippen molar-refractivity contribution in [3.63, 3.8) is 0 Å². The minimum Gasteiger partial charge on any atom is -0.496 e. The summed E-state index contributed by atoms with van der Waals surface area (Å²) < 4.78 is 6.12. The molecule has 3 nitrogen and oxygen atoms in total. The maximum atomic E-state index is 9.19. The number of aromatic nitrogens is 1. The summed E-state index contributed by atoms with van der Waals surface area (Å²) in [6.07, 6.45) is 1.86. The van der Waals surface area contributed by atoms with E-state index < -0.39 is 0 Å². The quantitative estimate of drug-likeness (QED) is 0.847. The molecule has 2 aromatic rings. The van der Waals surface area contributed by atoms with Gasteiger partial charge in [0.1, 0.15) is 16.2 Å². The maximum Gasteiger partial charge on any atom is 0.133 e. The number of halogens is 1. The number of hydrogen-bond acceptors (Lipinski definition) is 4. The molecule has 19 heavy (non-hydrogen) atoms. The van der Waals surface area contributed by atoms with Gasteiger partial charge in [0.25, 0.3) is 0 Å². The number of nitrogens with zero attached hydrogens (tertiary/aromatic N) is 2. The highest BCUT2D eigenvalue weighted by Crippen LogP contribution is 2.48. The molecule has 3 rings (SSSR count). The van der Waals surface area contributed by atoms with Gasteiger partial charge in [0.15, 0.2) is 0 Å². The lowest BCUT2D eigenvalue weighted by Gasteiger charge is -2.04. The van der Waals surface area contributed by atoms with Crippen molar-refractivity contribution in [2.45, 2.75) is 18.3 Å². The largest absolute Gasteiger partial charge is 0.496 e. The Morgan fingerprint density at radius 2 is 2.26 bits per heavy atom. The van der Waals surface area contributed by atoms with Gasteiger partial charge in [0.05, 0.1) is 23.3 Å². The first-order valence-corrected chi connectivity index (χ1v) is 7.57. The Morgan fingerprint density at radius 3 is 2.84 bits per heavy atom. The Hall–Kier alpha value is -1.38. The molecule has 0 spiro atoms. The standard InChI is InChI=1S/C14H11BrN2OS/c1-18-11-3-2-9(6-10(11)15)13-17-12(7-19-13)14(8-16)4-5-14/h2-3,6-7H,4-5H2,1H3. The van der Waals surface area contributed by atoms with Crippen LogP contribution in [0.5, 0.6) is 5.75 Å². The average Bonchev–Trinajstić information content (AvgIpc) is 3.08. The van der Waals surface area contributed by atoms with Crippen molar-refractivity contribution in [1.82, 2.24) is 4.98 Å². The molecule has 1 fully saturated rings. The number of ether oxygens (including phenoxy) is 1. The van der Waals surface area contributed by atoms with E-state index in [2.05, 4.69) is 27.0 Å². The van der Waals surface area contributed by atoms with Gasteiger partial charge < -0.3 is 4.74 Å². The third-order valence-corrected chi connectivity index (χ3v) is 4.87. The zero-order chi connectivity index (χ0) is 13.5. The molecule has 1 saturated carbocycles. The predicted octanol–water partition coefficient (Wildman–Crippen LogP) is 4.14. The summed E-state index contributed by atoms with van der Waals surface area (Å²) in [6, 6.07) is 8.27. The summed E-state index contributed by atoms with van der Waals surface area (Å²) in [5, 5.41) is 12.1. The summed E-state index contributed by atoms with van der Waals surface area (Å²) in [7, 11) is 1.64. The molecule has 0 aliphatic heterocycles. The maximum absolute atomic E-state index is 9.19. The van der Waals surface area contributed by atoms with Crippen molar-refractivity contribution < 1.29 is 4.74 Å². The van der Waals surface area contributed by atoms with Crippen molar-refractivity contribution in [1.29, 1.82) is 5.26 Å². The topological polar surface area (TPSA) is 45.9 Å². The van der Waals surface area contributed by atoms with E-state index in [0.717, 1.165) is 39.3 Å². The van der Waals surface area contributed by atoms with Gasteiger partial charge in [-0.3, -0.25) is 0 Å². The number of nitriles is 1. The predicted molar refractivity (Wildman–Crippen MR) is 78.3 cm³/mol. The van der Waals surface area contributed by atoms with E-state index in [1.54, 1.807) is 18.4 Å². The van der Waals surface area contributed by atoms with Crippen LogP contribution in [-0.4, -0.2) is 12.1 Å². The van der Waals surface area contributed by atoms with Crippen molar-refractivity contribution in [2.75, 3.05) is 7.11 Å². The summed E-state index contributed by atoms with van der Waals surface area (Å²) in [5.74, 6) is 0.802. The lowest BCUT2D eigenvalue weighted by molar-refractivity contribution is 0.412. The fourth-order valence-electron chi connectivity index (χ4n) is 1.98. The Morgan fingerprint density at radius 1 is 1.47 bits per heavy atom. The van der Waals surface area contributed by atoms with Crippen LogP contribution in [0.2, 0.25) is 0 Å². The van der Waals surface area contributed by atoms with Crippen LogP contribution in [0.3, 0.4) is 0 Å². The molecule has 1 heterocycles. The zero-order valence-electron chi connectivity index (χ0n) is 10.3. The molecule has 96 valence electrons. The third kappa shape index (κ3) is 2.15. The van der Waals surface area contributed by atoms with E-state index in [1.807, 2.05) is 23.6 Å². The molecule has 0 atom stereocenters. The van der Waals surface area contributed by atoms with Gasteiger partial charge in [-0.05, 0) is 47.0 Å². The highest BCUT2D eigenvalue weighted by atomic mass is 79.9. The molecule has 5 heteroatoms. The van der Waals surface area contributed by atoms with Crippen LogP contribution >= 0.6 is 27.3 Å². The summed E-state index contributed by atoms with van der Waals surface area (Å²) in [4.78, 5) is 4.62. The summed E-state index contributed by atoms with van der Waals surface area (Å²) in [6.45, 7) is 0. The van der Waals surface area contributed by atoms with Crippen molar-refractivity contribution in [3.8, 4) is 22.4 Å². The Kier molecular flexibility index (Phi) is 3.08. The molecule has 0 saturated heterocycles. The van der Waals surface area contributed by atoms with E-state index in [-0.39, 0.29) is 5.41 Å². The van der Waals surface area contributed by atoms with Crippen molar-refractivity contribution in [2.24, 2.45) is 0 Å². The number of thiazole rings is 1. The van der Waals surface area contributed by atoms with Gasteiger partial charge in [-0.1, -0.05) is 0 Å². The monoisotopic (exact) mass is 334 g/mol. The van der Waals surface area contributed by atoms with Crippen LogP contribution < -0.4 is 4.74 Å². The van der Waals surface area contributed by atoms with Crippen LogP contribution in [0.4, 0.5) is 0 Å². The number of benzene rings is 1. The highest BCUT2D eigenvalue weighted by molar-refractivity contribution is 9.10. The second-order valence-corrected chi connectivity index (χ2v) is 6.29. The van der Waals surface area contributed by atoms with E-state index in [4.69, 9.17) is 4.74 Å². The second-order valence-electron chi connectivity index (χ2n) is 4.58. The molecule has 0 bridgehead atoms. The molecular formula is C14H11BrN2OS. The SMILES string of the molecule is COc1ccc(-c2nc(C3(C#N)CC3)cs2)cc1Br. The van der Waals surface area contributed by atoms with E-state index >= 15 is 0 Å². The lowest BCUT2D eigenvalue weighted by Crippen LogP contribution is -2.02. The first-order valence-electron chi connectivity index (χ1n) is 5.90. The minimum absolute atomic E-state index is 0.307. The van der Waals surface area contributed by atoms with Crippen LogP contribution in [0.1, 0.15) is 18.5 Å². The Bertz CT molecular complexity index is 670. The zero-order valence-corrected chi connectivity index (χ0v) is 12.7. The minimum atomic E-state index is -0.307. The summed E-state index contributed by atoms with van der Waals surface area (Å²) in [5.41, 5.74) is 1.65. The molecule has 0 radical (unpaired) electrons. The molecule has 0 unspecified atom stereocenters. The molecule has 1 aliphatic carbocycles. The van der Waals surface area contributed by atoms with Gasteiger partial charge in [-0.2, -0.15) is 5.26 Å². The van der Waals surface area contributed by atoms with Crippen LogP contribution in [0.15, 0.2) is 28.1 Å². The smallest absolute Gasteiger partial charge is 0.133 e. The second kappa shape index (κ2) is 4.62. The van der Waals surface area contributed by atoms with Gasteiger partial charge >= 0.3 is 0 Å². The number of methoxy groups -OCH3 is 1. The van der Waals surface area contributed by atoms with Crippen molar-refractivity contribution >= 4 is 27.3 Å². The number of hydrogen-bond donors (Lipinski definition) is 0.